The van der Waals surface area contributed by atoms with E-state index in [0.717, 1.165) is 5.75 Å². The van der Waals surface area contributed by atoms with Gasteiger partial charge in [0.25, 0.3) is 5.91 Å². The van der Waals surface area contributed by atoms with Crippen molar-refractivity contribution in [2.45, 2.75) is 19.9 Å². The van der Waals surface area contributed by atoms with E-state index in [1.165, 1.54) is 30.0 Å². The Morgan fingerprint density at radius 1 is 1.32 bits per heavy atom. The van der Waals surface area contributed by atoms with Gasteiger partial charge in [-0.3, -0.25) is 14.6 Å². The zero-order chi connectivity index (χ0) is 16.1. The predicted octanol–water partition coefficient (Wildman–Crippen LogP) is 1.80. The summed E-state index contributed by atoms with van der Waals surface area (Å²) in [6, 6.07) is 4.93. The number of aliphatic imine (C=N–C) groups is 1. The zero-order valence-electron chi connectivity index (χ0n) is 12.4. The summed E-state index contributed by atoms with van der Waals surface area (Å²) in [5, 5.41) is 5.85. The maximum Gasteiger partial charge on any atom is 0.254 e. The lowest BCUT2D eigenvalue weighted by atomic mass is 10.0. The molecule has 0 bridgehead atoms. The van der Waals surface area contributed by atoms with Gasteiger partial charge in [0.15, 0.2) is 5.17 Å². The molecule has 0 spiro atoms. The van der Waals surface area contributed by atoms with Crippen molar-refractivity contribution in [1.82, 2.24) is 10.6 Å². The molecule has 2 rings (SSSR count). The summed E-state index contributed by atoms with van der Waals surface area (Å²) in [6.45, 7) is 4.30. The Hall–Kier alpha value is -1.89. The van der Waals surface area contributed by atoms with Crippen LogP contribution in [0.2, 0.25) is 0 Å². The van der Waals surface area contributed by atoms with Gasteiger partial charge in [0.05, 0.1) is 12.1 Å². The van der Waals surface area contributed by atoms with Crippen molar-refractivity contribution in [3.8, 4) is 0 Å². The fraction of sp³-hybridized carbons (Fsp3) is 0.400. The van der Waals surface area contributed by atoms with Gasteiger partial charge < -0.3 is 10.6 Å². The lowest BCUT2D eigenvalue weighted by Gasteiger charge is -2.21. The highest BCUT2D eigenvalue weighted by molar-refractivity contribution is 8.14. The van der Waals surface area contributed by atoms with E-state index >= 15 is 0 Å². The molecule has 0 unspecified atom stereocenters. The molecule has 0 saturated heterocycles. The van der Waals surface area contributed by atoms with E-state index in [-0.39, 0.29) is 17.4 Å². The maximum atomic E-state index is 13.6. The van der Waals surface area contributed by atoms with Crippen molar-refractivity contribution >= 4 is 28.7 Å². The molecular formula is C15H18FN3O2S. The monoisotopic (exact) mass is 323 g/mol. The Bertz CT molecular complexity index is 604. The third-order valence-corrected chi connectivity index (χ3v) is 4.06. The molecule has 2 amide bonds. The second kappa shape index (κ2) is 7.40. The van der Waals surface area contributed by atoms with Gasteiger partial charge in [-0.2, -0.15) is 0 Å². The van der Waals surface area contributed by atoms with Gasteiger partial charge in [-0.05, 0) is 18.1 Å². The first-order valence-corrected chi connectivity index (χ1v) is 8.01. The molecule has 1 atom stereocenters. The number of nitrogens with zero attached hydrogens (tertiary/aromatic N) is 1. The minimum atomic E-state index is -0.754. The number of thioether (sulfide) groups is 1. The second-order valence-corrected chi connectivity index (χ2v) is 6.28. The topological polar surface area (TPSA) is 70.6 Å². The molecule has 1 aromatic carbocycles. The van der Waals surface area contributed by atoms with Gasteiger partial charge >= 0.3 is 0 Å². The van der Waals surface area contributed by atoms with Crippen LogP contribution in [-0.4, -0.2) is 35.3 Å². The van der Waals surface area contributed by atoms with Gasteiger partial charge in [0.2, 0.25) is 5.91 Å². The molecule has 7 heteroatoms. The number of halogens is 1. The van der Waals surface area contributed by atoms with Crippen LogP contribution in [0.25, 0.3) is 0 Å². The first kappa shape index (κ1) is 16.5. The third kappa shape index (κ3) is 4.07. The molecule has 5 nitrogen and oxygen atoms in total. The highest BCUT2D eigenvalue weighted by Gasteiger charge is 2.27. The third-order valence-electron chi connectivity index (χ3n) is 3.17. The molecular weight excluding hydrogens is 305 g/mol. The van der Waals surface area contributed by atoms with Gasteiger partial charge in [-0.1, -0.05) is 37.7 Å². The highest BCUT2D eigenvalue weighted by Crippen LogP contribution is 2.12. The van der Waals surface area contributed by atoms with Crippen LogP contribution in [0.5, 0.6) is 0 Å². The number of hydrogen-bond acceptors (Lipinski definition) is 4. The molecule has 1 heterocycles. The molecule has 1 aromatic rings. The van der Waals surface area contributed by atoms with E-state index in [2.05, 4.69) is 15.6 Å². The summed E-state index contributed by atoms with van der Waals surface area (Å²) in [5.74, 6) is -0.856. The average molecular weight is 323 g/mol. The summed E-state index contributed by atoms with van der Waals surface area (Å²) in [4.78, 5) is 28.6. The number of carbonyl (C=O) groups is 2. The van der Waals surface area contributed by atoms with Gasteiger partial charge in [-0.15, -0.1) is 0 Å². The van der Waals surface area contributed by atoms with Crippen LogP contribution in [0.4, 0.5) is 4.39 Å². The zero-order valence-corrected chi connectivity index (χ0v) is 13.2. The van der Waals surface area contributed by atoms with Crippen LogP contribution >= 0.6 is 11.8 Å². The van der Waals surface area contributed by atoms with Crippen molar-refractivity contribution in [3.05, 3.63) is 35.6 Å². The van der Waals surface area contributed by atoms with Crippen molar-refractivity contribution in [2.24, 2.45) is 10.9 Å². The number of amidine groups is 1. The van der Waals surface area contributed by atoms with Crippen LogP contribution in [0, 0.1) is 11.7 Å². The molecule has 1 aliphatic heterocycles. The number of amides is 2. The Balaban J connectivity index is 2.06. The van der Waals surface area contributed by atoms with E-state index < -0.39 is 17.8 Å². The summed E-state index contributed by atoms with van der Waals surface area (Å²) in [7, 11) is 0. The van der Waals surface area contributed by atoms with E-state index in [1.54, 1.807) is 6.07 Å². The number of benzene rings is 1. The number of nitrogens with one attached hydrogen (secondary N) is 2. The Morgan fingerprint density at radius 2 is 2.05 bits per heavy atom. The summed E-state index contributed by atoms with van der Waals surface area (Å²) in [5.41, 5.74) is -0.0754. The lowest BCUT2D eigenvalue weighted by molar-refractivity contribution is -0.122. The molecule has 0 fully saturated rings. The Kier molecular flexibility index (Phi) is 5.54. The van der Waals surface area contributed by atoms with Crippen LogP contribution in [-0.2, 0) is 4.79 Å². The minimum Gasteiger partial charge on any atom is -0.340 e. The highest BCUT2D eigenvalue weighted by atomic mass is 32.2. The quantitative estimate of drug-likeness (QED) is 0.887. The standard InChI is InChI=1S/C15H18FN3O2S/c1-9(2)12(14(21)19-15-17-7-8-22-15)18-13(20)10-5-3-4-6-11(10)16/h3-6,9,12H,7-8H2,1-2H3,(H,18,20)(H,17,19,21)/t12-/m1/s1. The van der Waals surface area contributed by atoms with Gasteiger partial charge in [0, 0.05) is 5.75 Å². The lowest BCUT2D eigenvalue weighted by Crippen LogP contribution is -2.50. The summed E-state index contributed by atoms with van der Waals surface area (Å²) >= 11 is 1.46. The van der Waals surface area contributed by atoms with Gasteiger partial charge in [0.1, 0.15) is 11.9 Å². The van der Waals surface area contributed by atoms with Crippen LogP contribution in [0.15, 0.2) is 29.3 Å². The normalized spacial score (nSPS) is 15.4. The van der Waals surface area contributed by atoms with E-state index in [1.807, 2.05) is 13.8 Å². The first-order valence-electron chi connectivity index (χ1n) is 7.02. The molecule has 0 aliphatic carbocycles. The Morgan fingerprint density at radius 3 is 2.64 bits per heavy atom. The fourth-order valence-electron chi connectivity index (χ4n) is 1.99. The largest absolute Gasteiger partial charge is 0.340 e. The SMILES string of the molecule is CC(C)[C@@H](NC(=O)c1ccccc1F)C(=O)NC1=NCCS1. The van der Waals surface area contributed by atoms with Crippen LogP contribution in [0.1, 0.15) is 24.2 Å². The van der Waals surface area contributed by atoms with E-state index in [4.69, 9.17) is 0 Å². The molecule has 0 aromatic heterocycles. The molecule has 22 heavy (non-hydrogen) atoms. The summed E-state index contributed by atoms with van der Waals surface area (Å²) < 4.78 is 13.6. The molecule has 0 radical (unpaired) electrons. The van der Waals surface area contributed by atoms with Crippen molar-refractivity contribution < 1.29 is 14.0 Å². The minimum absolute atomic E-state index is 0.0754. The first-order chi connectivity index (χ1) is 10.5. The van der Waals surface area contributed by atoms with Crippen LogP contribution in [0.3, 0.4) is 0 Å². The van der Waals surface area contributed by atoms with E-state index in [9.17, 15) is 14.0 Å². The second-order valence-electron chi connectivity index (χ2n) is 5.20. The number of hydrogen-bond donors (Lipinski definition) is 2. The van der Waals surface area contributed by atoms with Gasteiger partial charge in [-0.25, -0.2) is 4.39 Å². The number of rotatable bonds is 4. The number of carbonyl (C=O) groups excluding carboxylic acids is 2. The molecule has 2 N–H and O–H groups in total. The molecule has 118 valence electrons. The molecule has 0 saturated carbocycles. The average Bonchev–Trinajstić information content (AvgIpc) is 2.97. The summed E-state index contributed by atoms with van der Waals surface area (Å²) in [6.07, 6.45) is 0. The van der Waals surface area contributed by atoms with E-state index in [0.29, 0.717) is 11.7 Å². The van der Waals surface area contributed by atoms with Crippen molar-refractivity contribution in [3.63, 3.8) is 0 Å². The molecule has 1 aliphatic rings. The maximum absolute atomic E-state index is 13.6. The van der Waals surface area contributed by atoms with Crippen molar-refractivity contribution in [1.29, 1.82) is 0 Å². The fourth-order valence-corrected chi connectivity index (χ4v) is 2.72. The smallest absolute Gasteiger partial charge is 0.254 e. The van der Waals surface area contributed by atoms with Crippen LogP contribution < -0.4 is 10.6 Å². The predicted molar refractivity (Wildman–Crippen MR) is 85.4 cm³/mol. The van der Waals surface area contributed by atoms with Crippen molar-refractivity contribution in [2.75, 3.05) is 12.3 Å². The Labute approximate surface area is 132 Å².